The summed E-state index contributed by atoms with van der Waals surface area (Å²) in [6.45, 7) is 5.60. The molecule has 10 nitrogen and oxygen atoms in total. The third kappa shape index (κ3) is 6.65. The minimum Gasteiger partial charge on any atom is -0.390 e. The number of aliphatic hydroxyl groups is 3. The Labute approximate surface area is 181 Å². The average molecular weight is 437 g/mol. The number of aryl methyl sites for hydroxylation is 1. The van der Waals surface area contributed by atoms with Crippen LogP contribution in [0, 0.1) is 12.8 Å². The molecule has 1 saturated carbocycles. The van der Waals surface area contributed by atoms with Gasteiger partial charge in [0.25, 0.3) is 5.91 Å². The molecular formula is C21H32N4O6. The summed E-state index contributed by atoms with van der Waals surface area (Å²) in [4.78, 5) is 36.7. The lowest BCUT2D eigenvalue weighted by molar-refractivity contribution is -0.159. The summed E-state index contributed by atoms with van der Waals surface area (Å²) in [6.07, 6.45) is -3.38. The molecule has 0 unspecified atom stereocenters. The van der Waals surface area contributed by atoms with Crippen LogP contribution < -0.4 is 21.7 Å². The van der Waals surface area contributed by atoms with Crippen LogP contribution in [-0.4, -0.2) is 63.1 Å². The number of carbonyl (C=O) groups is 3. The molecule has 5 atom stereocenters. The Bertz CT molecular complexity index is 800. The SMILES string of the molecule is Cc1ccc(NC(=O)N[C@H]2C[C@@](O)(C(=O)N[C@H](CC(C)C)C(N)=O)C[C@@H](O)[C@@H]2O)cc1. The molecule has 0 spiro atoms. The molecule has 0 aromatic heterocycles. The highest BCUT2D eigenvalue weighted by Crippen LogP contribution is 2.30. The topological polar surface area (TPSA) is 174 Å². The lowest BCUT2D eigenvalue weighted by atomic mass is 9.77. The van der Waals surface area contributed by atoms with Crippen LogP contribution in [0.1, 0.15) is 38.7 Å². The minimum atomic E-state index is -2.11. The van der Waals surface area contributed by atoms with Crippen molar-refractivity contribution in [3.8, 4) is 0 Å². The zero-order valence-corrected chi connectivity index (χ0v) is 18.0. The molecule has 0 saturated heterocycles. The van der Waals surface area contributed by atoms with Gasteiger partial charge in [-0.05, 0) is 31.4 Å². The zero-order chi connectivity index (χ0) is 23.3. The van der Waals surface area contributed by atoms with Crippen molar-refractivity contribution in [3.63, 3.8) is 0 Å². The number of amides is 4. The monoisotopic (exact) mass is 436 g/mol. The van der Waals surface area contributed by atoms with Gasteiger partial charge in [0.15, 0.2) is 0 Å². The molecule has 1 aromatic rings. The van der Waals surface area contributed by atoms with Gasteiger partial charge in [0, 0.05) is 18.5 Å². The molecule has 0 heterocycles. The third-order valence-electron chi connectivity index (χ3n) is 5.32. The lowest BCUT2D eigenvalue weighted by Crippen LogP contribution is -2.64. The van der Waals surface area contributed by atoms with Gasteiger partial charge < -0.3 is 37.0 Å². The number of anilines is 1. The summed E-state index contributed by atoms with van der Waals surface area (Å²) in [5.41, 5.74) is 4.76. The van der Waals surface area contributed by atoms with Crippen molar-refractivity contribution in [1.29, 1.82) is 0 Å². The van der Waals surface area contributed by atoms with E-state index >= 15 is 0 Å². The second-order valence-corrected chi connectivity index (χ2v) is 8.63. The Hall–Kier alpha value is -2.69. The Kier molecular flexibility index (Phi) is 7.99. The highest BCUT2D eigenvalue weighted by molar-refractivity contribution is 5.92. The van der Waals surface area contributed by atoms with Crippen LogP contribution in [0.25, 0.3) is 0 Å². The number of primary amides is 1. The fraction of sp³-hybridized carbons (Fsp3) is 0.571. The molecule has 0 bridgehead atoms. The van der Waals surface area contributed by atoms with E-state index in [-0.39, 0.29) is 18.8 Å². The van der Waals surface area contributed by atoms with Crippen LogP contribution >= 0.6 is 0 Å². The van der Waals surface area contributed by atoms with Crippen molar-refractivity contribution < 1.29 is 29.7 Å². The fourth-order valence-electron chi connectivity index (χ4n) is 3.61. The van der Waals surface area contributed by atoms with Gasteiger partial charge in [0.2, 0.25) is 5.91 Å². The van der Waals surface area contributed by atoms with Crippen LogP contribution in [0.2, 0.25) is 0 Å². The molecule has 1 aromatic carbocycles. The van der Waals surface area contributed by atoms with Crippen molar-refractivity contribution in [2.45, 2.75) is 69.9 Å². The highest BCUT2D eigenvalue weighted by atomic mass is 16.3. The largest absolute Gasteiger partial charge is 0.390 e. The summed E-state index contributed by atoms with van der Waals surface area (Å²) < 4.78 is 0. The molecular weight excluding hydrogens is 404 g/mol. The number of nitrogens with one attached hydrogen (secondary N) is 3. The van der Waals surface area contributed by atoms with Gasteiger partial charge in [-0.2, -0.15) is 0 Å². The van der Waals surface area contributed by atoms with Gasteiger partial charge in [-0.25, -0.2) is 4.79 Å². The van der Waals surface area contributed by atoms with Gasteiger partial charge in [-0.1, -0.05) is 31.5 Å². The van der Waals surface area contributed by atoms with Gasteiger partial charge in [-0.3, -0.25) is 9.59 Å². The molecule has 0 radical (unpaired) electrons. The molecule has 31 heavy (non-hydrogen) atoms. The zero-order valence-electron chi connectivity index (χ0n) is 18.0. The summed E-state index contributed by atoms with van der Waals surface area (Å²) in [5, 5.41) is 38.9. The van der Waals surface area contributed by atoms with Crippen molar-refractivity contribution in [1.82, 2.24) is 10.6 Å². The number of hydrogen-bond acceptors (Lipinski definition) is 6. The molecule has 4 amide bonds. The van der Waals surface area contributed by atoms with E-state index in [4.69, 9.17) is 5.73 Å². The molecule has 10 heteroatoms. The van der Waals surface area contributed by atoms with Crippen molar-refractivity contribution in [3.05, 3.63) is 29.8 Å². The molecule has 8 N–H and O–H groups in total. The van der Waals surface area contributed by atoms with Crippen LogP contribution in [0.4, 0.5) is 10.5 Å². The van der Waals surface area contributed by atoms with Gasteiger partial charge >= 0.3 is 6.03 Å². The summed E-state index contributed by atoms with van der Waals surface area (Å²) in [7, 11) is 0. The summed E-state index contributed by atoms with van der Waals surface area (Å²) in [5.74, 6) is -1.58. The standard InChI is InChI=1S/C21H32N4O6/c1-11(2)8-14(18(22)28)24-19(29)21(31)9-15(17(27)16(26)10-21)25-20(30)23-13-6-4-12(3)5-7-13/h4-7,11,14-17,26-27,31H,8-10H2,1-3H3,(H2,22,28)(H,24,29)(H2,23,25,30)/t14-,15+,16-,17-,21+/m1/s1. The highest BCUT2D eigenvalue weighted by Gasteiger charge is 2.49. The van der Waals surface area contributed by atoms with Gasteiger partial charge in [-0.15, -0.1) is 0 Å². The quantitative estimate of drug-likeness (QED) is 0.310. The van der Waals surface area contributed by atoms with Gasteiger partial charge in [0.1, 0.15) is 17.7 Å². The first-order chi connectivity index (χ1) is 14.4. The maximum absolute atomic E-state index is 12.7. The van der Waals surface area contributed by atoms with E-state index in [2.05, 4.69) is 16.0 Å². The number of hydrogen-bond donors (Lipinski definition) is 7. The number of rotatable bonds is 7. The van der Waals surface area contributed by atoms with E-state index in [9.17, 15) is 29.7 Å². The van der Waals surface area contributed by atoms with E-state index in [0.717, 1.165) is 5.56 Å². The molecule has 2 rings (SSSR count). The maximum atomic E-state index is 12.7. The smallest absolute Gasteiger partial charge is 0.319 e. The average Bonchev–Trinajstić information content (AvgIpc) is 2.66. The predicted octanol–water partition coefficient (Wildman–Crippen LogP) is -0.252. The first-order valence-corrected chi connectivity index (χ1v) is 10.2. The van der Waals surface area contributed by atoms with E-state index in [1.165, 1.54) is 0 Å². The molecule has 1 aliphatic carbocycles. The van der Waals surface area contributed by atoms with E-state index in [1.807, 2.05) is 32.9 Å². The minimum absolute atomic E-state index is 0.0612. The second kappa shape index (κ2) is 10.1. The molecule has 1 fully saturated rings. The number of carbonyl (C=O) groups excluding carboxylic acids is 3. The van der Waals surface area contributed by atoms with Gasteiger partial charge in [0.05, 0.1) is 12.1 Å². The summed E-state index contributed by atoms with van der Waals surface area (Å²) >= 11 is 0. The Morgan fingerprint density at radius 2 is 1.77 bits per heavy atom. The van der Waals surface area contributed by atoms with Crippen LogP contribution in [-0.2, 0) is 9.59 Å². The fourth-order valence-corrected chi connectivity index (χ4v) is 3.61. The second-order valence-electron chi connectivity index (χ2n) is 8.63. The molecule has 172 valence electrons. The third-order valence-corrected chi connectivity index (χ3v) is 5.32. The first-order valence-electron chi connectivity index (χ1n) is 10.2. The van der Waals surface area contributed by atoms with Crippen LogP contribution in [0.5, 0.6) is 0 Å². The van der Waals surface area contributed by atoms with Crippen molar-refractivity contribution >= 4 is 23.5 Å². The van der Waals surface area contributed by atoms with Crippen molar-refractivity contribution in [2.24, 2.45) is 11.7 Å². The number of aliphatic hydroxyl groups excluding tert-OH is 2. The number of urea groups is 1. The van der Waals surface area contributed by atoms with Crippen molar-refractivity contribution in [2.75, 3.05) is 5.32 Å². The lowest BCUT2D eigenvalue weighted by Gasteiger charge is -2.41. The number of nitrogens with two attached hydrogens (primary N) is 1. The normalized spacial score (nSPS) is 26.7. The number of benzene rings is 1. The van der Waals surface area contributed by atoms with Crippen LogP contribution in [0.3, 0.4) is 0 Å². The first kappa shape index (κ1) is 24.6. The van der Waals surface area contributed by atoms with E-state index < -0.39 is 54.2 Å². The van der Waals surface area contributed by atoms with Crippen LogP contribution in [0.15, 0.2) is 24.3 Å². The molecule has 0 aliphatic heterocycles. The Morgan fingerprint density at radius 3 is 2.32 bits per heavy atom. The predicted molar refractivity (Wildman–Crippen MR) is 114 cm³/mol. The Morgan fingerprint density at radius 1 is 1.16 bits per heavy atom. The van der Waals surface area contributed by atoms with E-state index in [0.29, 0.717) is 5.69 Å². The maximum Gasteiger partial charge on any atom is 0.319 e. The Balaban J connectivity index is 2.08. The summed E-state index contributed by atoms with van der Waals surface area (Å²) in [6, 6.07) is 4.25. The molecule has 1 aliphatic rings. The van der Waals surface area contributed by atoms with E-state index in [1.54, 1.807) is 12.1 Å².